The molecular weight excluding hydrogens is 168 g/mol. The molecule has 0 N–H and O–H groups in total. The highest BCUT2D eigenvalue weighted by Crippen LogP contribution is 2.00. The molecule has 0 bridgehead atoms. The predicted molar refractivity (Wildman–Crippen MR) is 64.2 cm³/mol. The van der Waals surface area contributed by atoms with E-state index in [4.69, 9.17) is 0 Å². The summed E-state index contributed by atoms with van der Waals surface area (Å²) >= 11 is 0. The fourth-order valence-corrected chi connectivity index (χ4v) is 1.23. The SMILES string of the molecule is C1=CC/C=C\CCC/C=C/C=C\C=C\1. The highest BCUT2D eigenvalue weighted by molar-refractivity contribution is 5.15. The van der Waals surface area contributed by atoms with Gasteiger partial charge >= 0.3 is 0 Å². The first-order valence-electron chi connectivity index (χ1n) is 5.30. The zero-order chi connectivity index (χ0) is 9.90. The first-order valence-corrected chi connectivity index (χ1v) is 5.30. The summed E-state index contributed by atoms with van der Waals surface area (Å²) in [5.74, 6) is 0. The van der Waals surface area contributed by atoms with Crippen molar-refractivity contribution < 1.29 is 0 Å². The second kappa shape index (κ2) is 8.31. The molecule has 0 radical (unpaired) electrons. The van der Waals surface area contributed by atoms with Gasteiger partial charge in [-0.3, -0.25) is 0 Å². The van der Waals surface area contributed by atoms with Crippen LogP contribution in [0.1, 0.15) is 25.7 Å². The molecule has 1 aliphatic carbocycles. The molecule has 1 aliphatic rings. The highest BCUT2D eigenvalue weighted by atomic mass is 13.9. The maximum Gasteiger partial charge on any atom is -0.0166 e. The summed E-state index contributed by atoms with van der Waals surface area (Å²) in [6, 6.07) is 0. The van der Waals surface area contributed by atoms with Crippen molar-refractivity contribution in [3.8, 4) is 0 Å². The Morgan fingerprint density at radius 3 is 2.00 bits per heavy atom. The average Bonchev–Trinajstić information content (AvgIpc) is 2.22. The number of hydrogen-bond donors (Lipinski definition) is 0. The minimum atomic E-state index is 1.05. The van der Waals surface area contributed by atoms with E-state index in [1.165, 1.54) is 19.3 Å². The molecule has 0 aromatic carbocycles. The summed E-state index contributed by atoms with van der Waals surface area (Å²) in [6.45, 7) is 0. The highest BCUT2D eigenvalue weighted by Gasteiger charge is 1.79. The van der Waals surface area contributed by atoms with E-state index < -0.39 is 0 Å². The first kappa shape index (κ1) is 10.8. The van der Waals surface area contributed by atoms with Gasteiger partial charge in [0.05, 0.1) is 0 Å². The van der Waals surface area contributed by atoms with E-state index in [1.807, 2.05) is 0 Å². The van der Waals surface area contributed by atoms with Crippen LogP contribution in [0.4, 0.5) is 0 Å². The molecule has 14 heavy (non-hydrogen) atoms. The van der Waals surface area contributed by atoms with Gasteiger partial charge < -0.3 is 0 Å². The molecule has 0 spiro atoms. The van der Waals surface area contributed by atoms with Crippen molar-refractivity contribution in [2.24, 2.45) is 0 Å². The molecule has 0 saturated carbocycles. The minimum absolute atomic E-state index is 1.05. The summed E-state index contributed by atoms with van der Waals surface area (Å²) in [6.07, 6.45) is 26.0. The van der Waals surface area contributed by atoms with Crippen LogP contribution in [-0.2, 0) is 0 Å². The Balaban J connectivity index is 2.46. The normalized spacial score (nSPS) is 27.4. The Morgan fingerprint density at radius 1 is 0.500 bits per heavy atom. The third-order valence-corrected chi connectivity index (χ3v) is 2.01. The first-order chi connectivity index (χ1) is 7.00. The van der Waals surface area contributed by atoms with E-state index in [-0.39, 0.29) is 0 Å². The van der Waals surface area contributed by atoms with Crippen LogP contribution < -0.4 is 0 Å². The molecule has 0 aliphatic heterocycles. The van der Waals surface area contributed by atoms with Crippen LogP contribution in [0.5, 0.6) is 0 Å². The van der Waals surface area contributed by atoms with E-state index in [2.05, 4.69) is 60.8 Å². The van der Waals surface area contributed by atoms with Crippen molar-refractivity contribution in [2.45, 2.75) is 25.7 Å². The number of hydrogen-bond acceptors (Lipinski definition) is 0. The Hall–Kier alpha value is -1.30. The molecule has 0 nitrogen and oxygen atoms in total. The maximum absolute atomic E-state index is 2.27. The number of rotatable bonds is 0. The second-order valence-corrected chi connectivity index (χ2v) is 3.26. The fourth-order valence-electron chi connectivity index (χ4n) is 1.23. The summed E-state index contributed by atoms with van der Waals surface area (Å²) in [5.41, 5.74) is 0. The van der Waals surface area contributed by atoms with Gasteiger partial charge in [0.25, 0.3) is 0 Å². The van der Waals surface area contributed by atoms with Gasteiger partial charge in [-0.1, -0.05) is 60.8 Å². The second-order valence-electron chi connectivity index (χ2n) is 3.26. The van der Waals surface area contributed by atoms with Gasteiger partial charge in [-0.15, -0.1) is 0 Å². The third kappa shape index (κ3) is 6.24. The molecule has 0 amide bonds. The van der Waals surface area contributed by atoms with Gasteiger partial charge in [0.2, 0.25) is 0 Å². The minimum Gasteiger partial charge on any atom is -0.0882 e. The summed E-state index contributed by atoms with van der Waals surface area (Å²) < 4.78 is 0. The van der Waals surface area contributed by atoms with E-state index in [0.29, 0.717) is 0 Å². The Kier molecular flexibility index (Phi) is 6.39. The van der Waals surface area contributed by atoms with Gasteiger partial charge in [0.1, 0.15) is 0 Å². The van der Waals surface area contributed by atoms with Gasteiger partial charge in [-0.05, 0) is 25.7 Å². The van der Waals surface area contributed by atoms with Crippen LogP contribution >= 0.6 is 0 Å². The monoisotopic (exact) mass is 186 g/mol. The molecule has 1 rings (SSSR count). The van der Waals surface area contributed by atoms with Crippen molar-refractivity contribution in [2.75, 3.05) is 0 Å². The number of allylic oxidation sites excluding steroid dienone is 10. The lowest BCUT2D eigenvalue weighted by atomic mass is 10.2. The molecule has 74 valence electrons. The molecule has 0 unspecified atom stereocenters. The van der Waals surface area contributed by atoms with Gasteiger partial charge in [0.15, 0.2) is 0 Å². The van der Waals surface area contributed by atoms with Crippen molar-refractivity contribution in [3.63, 3.8) is 0 Å². The lowest BCUT2D eigenvalue weighted by Crippen LogP contribution is -1.69. The van der Waals surface area contributed by atoms with Crippen LogP contribution in [0, 0.1) is 0 Å². The largest absolute Gasteiger partial charge is 0.0882 e. The lowest BCUT2D eigenvalue weighted by Gasteiger charge is -1.89. The predicted octanol–water partition coefficient (Wildman–Crippen LogP) is 4.34. The Morgan fingerprint density at radius 2 is 1.14 bits per heavy atom. The van der Waals surface area contributed by atoms with Crippen LogP contribution in [0.3, 0.4) is 0 Å². The van der Waals surface area contributed by atoms with E-state index in [1.54, 1.807) is 0 Å². The zero-order valence-corrected chi connectivity index (χ0v) is 8.60. The standard InChI is InChI=1S/C14H18/c1-2-4-6-8-10-12-14-13-11-9-7-5-3-1/h1-8,11,13H,9-10,12,14H2/b3-1+,4-2-,7-5?,8-6+,13-11-. The van der Waals surface area contributed by atoms with E-state index in [0.717, 1.165) is 6.42 Å². The molecule has 0 aromatic rings. The van der Waals surface area contributed by atoms with E-state index in [9.17, 15) is 0 Å². The zero-order valence-electron chi connectivity index (χ0n) is 8.60. The van der Waals surface area contributed by atoms with Crippen LogP contribution in [-0.4, -0.2) is 0 Å². The van der Waals surface area contributed by atoms with Crippen LogP contribution in [0.25, 0.3) is 0 Å². The average molecular weight is 186 g/mol. The molecule has 0 aromatic heterocycles. The molecule has 0 saturated heterocycles. The third-order valence-electron chi connectivity index (χ3n) is 2.01. The molecule has 0 fully saturated rings. The van der Waals surface area contributed by atoms with Crippen molar-refractivity contribution in [3.05, 3.63) is 60.8 Å². The lowest BCUT2D eigenvalue weighted by molar-refractivity contribution is 0.866. The topological polar surface area (TPSA) is 0 Å². The van der Waals surface area contributed by atoms with Gasteiger partial charge in [0, 0.05) is 0 Å². The van der Waals surface area contributed by atoms with Gasteiger partial charge in [-0.25, -0.2) is 0 Å². The molecule has 0 atom stereocenters. The van der Waals surface area contributed by atoms with Crippen LogP contribution in [0.15, 0.2) is 60.8 Å². The van der Waals surface area contributed by atoms with Gasteiger partial charge in [-0.2, -0.15) is 0 Å². The molecule has 0 heterocycles. The summed E-state index contributed by atoms with van der Waals surface area (Å²) in [4.78, 5) is 0. The van der Waals surface area contributed by atoms with E-state index >= 15 is 0 Å². The maximum atomic E-state index is 2.27. The smallest absolute Gasteiger partial charge is 0.0166 e. The van der Waals surface area contributed by atoms with Crippen molar-refractivity contribution in [1.82, 2.24) is 0 Å². The fraction of sp³-hybridized carbons (Fsp3) is 0.286. The summed E-state index contributed by atoms with van der Waals surface area (Å²) in [5, 5.41) is 0. The van der Waals surface area contributed by atoms with Crippen LogP contribution in [0.2, 0.25) is 0 Å². The molecule has 0 heteroatoms. The summed E-state index contributed by atoms with van der Waals surface area (Å²) in [7, 11) is 0. The van der Waals surface area contributed by atoms with Crippen molar-refractivity contribution in [1.29, 1.82) is 0 Å². The Bertz CT molecular complexity index is 262. The van der Waals surface area contributed by atoms with Crippen molar-refractivity contribution >= 4 is 0 Å². The molecular formula is C14H18. The Labute approximate surface area is 87.0 Å². The quantitative estimate of drug-likeness (QED) is 0.494.